The fourth-order valence-electron chi connectivity index (χ4n) is 1.80. The molecule has 2 rings (SSSR count). The maximum Gasteiger partial charge on any atom is 0.337 e. The van der Waals surface area contributed by atoms with Crippen LogP contribution >= 0.6 is 0 Å². The predicted molar refractivity (Wildman–Crippen MR) is 76.2 cm³/mol. The molecule has 21 heavy (non-hydrogen) atoms. The molecule has 0 aromatic heterocycles. The summed E-state index contributed by atoms with van der Waals surface area (Å²) in [5.41, 5.74) is 1.96. The van der Waals surface area contributed by atoms with Gasteiger partial charge in [-0.1, -0.05) is 12.1 Å². The van der Waals surface area contributed by atoms with Crippen LogP contribution < -0.4 is 5.32 Å². The number of anilines is 1. The van der Waals surface area contributed by atoms with E-state index in [1.165, 1.54) is 19.2 Å². The Hall–Kier alpha value is -2.87. The number of carbonyl (C=O) groups is 1. The first-order chi connectivity index (χ1) is 10.1. The molecule has 0 aliphatic heterocycles. The zero-order chi connectivity index (χ0) is 15.2. The summed E-state index contributed by atoms with van der Waals surface area (Å²) in [6, 6.07) is 13.0. The number of halogens is 1. The summed E-state index contributed by atoms with van der Waals surface area (Å²) in [6.07, 6.45) is 0. The van der Waals surface area contributed by atoms with Crippen molar-refractivity contribution in [2.75, 3.05) is 12.4 Å². The molecule has 0 saturated carbocycles. The predicted octanol–water partition coefficient (Wildman–Crippen LogP) is 3.10. The molecule has 0 aliphatic rings. The molecule has 0 radical (unpaired) electrons. The highest BCUT2D eigenvalue weighted by molar-refractivity contribution is 5.89. The molecule has 0 atom stereocenters. The molecule has 0 spiro atoms. The lowest BCUT2D eigenvalue weighted by atomic mass is 10.1. The van der Waals surface area contributed by atoms with Gasteiger partial charge in [-0.3, -0.25) is 0 Å². The maximum absolute atomic E-state index is 13.7. The molecule has 0 bridgehead atoms. The first-order valence-electron chi connectivity index (χ1n) is 6.25. The number of hydrogen-bond acceptors (Lipinski definition) is 4. The summed E-state index contributed by atoms with van der Waals surface area (Å²) in [4.78, 5) is 11.3. The second-order valence-corrected chi connectivity index (χ2v) is 4.35. The summed E-state index contributed by atoms with van der Waals surface area (Å²) in [5.74, 6) is -0.868. The standard InChI is InChI=1S/C16H13FN2O2/c1-21-16(20)13-5-2-11(3-6-13)10-19-15-7-4-12(9-18)8-14(15)17/h2-8,19H,10H2,1H3. The average Bonchev–Trinajstić information content (AvgIpc) is 2.53. The zero-order valence-electron chi connectivity index (χ0n) is 11.4. The van der Waals surface area contributed by atoms with E-state index >= 15 is 0 Å². The molecule has 0 fully saturated rings. The molecule has 0 heterocycles. The van der Waals surface area contributed by atoms with Gasteiger partial charge in [0, 0.05) is 6.54 Å². The molecule has 1 N–H and O–H groups in total. The lowest BCUT2D eigenvalue weighted by Gasteiger charge is -2.08. The van der Waals surface area contributed by atoms with Crippen LogP contribution in [-0.2, 0) is 11.3 Å². The highest BCUT2D eigenvalue weighted by atomic mass is 19.1. The SMILES string of the molecule is COC(=O)c1ccc(CNc2ccc(C#N)cc2F)cc1. The summed E-state index contributed by atoms with van der Waals surface area (Å²) in [7, 11) is 1.32. The van der Waals surface area contributed by atoms with Gasteiger partial charge in [0.1, 0.15) is 5.82 Å². The first kappa shape index (κ1) is 14.5. The first-order valence-corrected chi connectivity index (χ1v) is 6.25. The van der Waals surface area contributed by atoms with E-state index < -0.39 is 11.8 Å². The minimum Gasteiger partial charge on any atom is -0.465 e. The summed E-state index contributed by atoms with van der Waals surface area (Å²) < 4.78 is 18.3. The van der Waals surface area contributed by atoms with Gasteiger partial charge in [0.25, 0.3) is 0 Å². The summed E-state index contributed by atoms with van der Waals surface area (Å²) in [6.45, 7) is 0.407. The van der Waals surface area contributed by atoms with Crippen LogP contribution in [-0.4, -0.2) is 13.1 Å². The Balaban J connectivity index is 2.03. The Morgan fingerprint density at radius 1 is 1.29 bits per heavy atom. The fraction of sp³-hybridized carbons (Fsp3) is 0.125. The number of esters is 1. The van der Waals surface area contributed by atoms with Crippen LogP contribution in [0.25, 0.3) is 0 Å². The van der Waals surface area contributed by atoms with E-state index in [2.05, 4.69) is 10.1 Å². The van der Waals surface area contributed by atoms with Gasteiger partial charge >= 0.3 is 5.97 Å². The van der Waals surface area contributed by atoms with E-state index in [1.54, 1.807) is 30.3 Å². The van der Waals surface area contributed by atoms with Crippen molar-refractivity contribution in [3.63, 3.8) is 0 Å². The number of carbonyl (C=O) groups excluding carboxylic acids is 1. The van der Waals surface area contributed by atoms with Gasteiger partial charge in [-0.25, -0.2) is 9.18 Å². The number of rotatable bonds is 4. The third-order valence-corrected chi connectivity index (χ3v) is 2.96. The third kappa shape index (κ3) is 3.57. The second-order valence-electron chi connectivity index (χ2n) is 4.35. The van der Waals surface area contributed by atoms with Crippen molar-refractivity contribution < 1.29 is 13.9 Å². The van der Waals surface area contributed by atoms with Gasteiger partial charge in [-0.2, -0.15) is 5.26 Å². The van der Waals surface area contributed by atoms with Crippen molar-refractivity contribution in [3.05, 3.63) is 65.0 Å². The van der Waals surface area contributed by atoms with E-state index in [4.69, 9.17) is 5.26 Å². The van der Waals surface area contributed by atoms with Crippen LogP contribution in [0, 0.1) is 17.1 Å². The molecule has 0 aliphatic carbocycles. The van der Waals surface area contributed by atoms with Crippen molar-refractivity contribution in [2.24, 2.45) is 0 Å². The van der Waals surface area contributed by atoms with Gasteiger partial charge < -0.3 is 10.1 Å². The highest BCUT2D eigenvalue weighted by Crippen LogP contribution is 2.16. The summed E-state index contributed by atoms with van der Waals surface area (Å²) >= 11 is 0. The number of nitrogens with one attached hydrogen (secondary N) is 1. The lowest BCUT2D eigenvalue weighted by molar-refractivity contribution is 0.0600. The lowest BCUT2D eigenvalue weighted by Crippen LogP contribution is -2.04. The van der Waals surface area contributed by atoms with Gasteiger partial charge in [0.05, 0.1) is 30.0 Å². The topological polar surface area (TPSA) is 62.1 Å². The van der Waals surface area contributed by atoms with Crippen LogP contribution in [0.15, 0.2) is 42.5 Å². The molecule has 0 saturated heterocycles. The van der Waals surface area contributed by atoms with Gasteiger partial charge in [0.15, 0.2) is 0 Å². The van der Waals surface area contributed by atoms with Crippen molar-refractivity contribution >= 4 is 11.7 Å². The average molecular weight is 284 g/mol. The van der Waals surface area contributed by atoms with Crippen molar-refractivity contribution in [2.45, 2.75) is 6.54 Å². The monoisotopic (exact) mass is 284 g/mol. The van der Waals surface area contributed by atoms with E-state index in [9.17, 15) is 9.18 Å². The van der Waals surface area contributed by atoms with E-state index in [1.807, 2.05) is 6.07 Å². The number of hydrogen-bond donors (Lipinski definition) is 1. The Morgan fingerprint density at radius 2 is 2.00 bits per heavy atom. The van der Waals surface area contributed by atoms with E-state index in [0.29, 0.717) is 17.8 Å². The molecule has 5 heteroatoms. The molecular formula is C16H13FN2O2. The van der Waals surface area contributed by atoms with Crippen LogP contribution in [0.1, 0.15) is 21.5 Å². The number of nitrogens with zero attached hydrogens (tertiary/aromatic N) is 1. The molecule has 2 aromatic rings. The molecular weight excluding hydrogens is 271 g/mol. The number of benzene rings is 2. The van der Waals surface area contributed by atoms with Gasteiger partial charge in [0.2, 0.25) is 0 Å². The largest absolute Gasteiger partial charge is 0.465 e. The molecule has 2 aromatic carbocycles. The van der Waals surface area contributed by atoms with Gasteiger partial charge in [-0.15, -0.1) is 0 Å². The van der Waals surface area contributed by atoms with Crippen molar-refractivity contribution in [1.29, 1.82) is 5.26 Å². The second kappa shape index (κ2) is 6.53. The normalized spacial score (nSPS) is 9.76. The van der Waals surface area contributed by atoms with Crippen LogP contribution in [0.4, 0.5) is 10.1 Å². The van der Waals surface area contributed by atoms with E-state index in [0.717, 1.165) is 5.56 Å². The maximum atomic E-state index is 13.7. The third-order valence-electron chi connectivity index (χ3n) is 2.96. The van der Waals surface area contributed by atoms with Crippen molar-refractivity contribution in [1.82, 2.24) is 0 Å². The molecule has 0 unspecified atom stereocenters. The minimum atomic E-state index is -0.472. The van der Waals surface area contributed by atoms with Crippen molar-refractivity contribution in [3.8, 4) is 6.07 Å². The van der Waals surface area contributed by atoms with Crippen LogP contribution in [0.5, 0.6) is 0 Å². The quantitative estimate of drug-likeness (QED) is 0.876. The minimum absolute atomic E-state index is 0.278. The Morgan fingerprint density at radius 3 is 2.57 bits per heavy atom. The molecule has 0 amide bonds. The zero-order valence-corrected chi connectivity index (χ0v) is 11.4. The van der Waals surface area contributed by atoms with Crippen LogP contribution in [0.3, 0.4) is 0 Å². The smallest absolute Gasteiger partial charge is 0.337 e. The van der Waals surface area contributed by atoms with Gasteiger partial charge in [-0.05, 0) is 35.9 Å². The Kier molecular flexibility index (Phi) is 4.52. The fourth-order valence-corrected chi connectivity index (χ4v) is 1.80. The van der Waals surface area contributed by atoms with Crippen LogP contribution in [0.2, 0.25) is 0 Å². The summed E-state index contributed by atoms with van der Waals surface area (Å²) in [5, 5.41) is 11.6. The number of nitriles is 1. The Bertz CT molecular complexity index is 690. The highest BCUT2D eigenvalue weighted by Gasteiger charge is 2.06. The number of methoxy groups -OCH3 is 1. The Labute approximate surface area is 121 Å². The number of ether oxygens (including phenoxy) is 1. The molecule has 4 nitrogen and oxygen atoms in total. The van der Waals surface area contributed by atoms with E-state index in [-0.39, 0.29) is 5.56 Å². The molecule has 106 valence electrons.